The highest BCUT2D eigenvalue weighted by Gasteiger charge is 2.13. The molecule has 2 aromatic carbocycles. The van der Waals surface area contributed by atoms with E-state index >= 15 is 0 Å². The minimum absolute atomic E-state index is 0.337. The molecule has 0 aliphatic carbocycles. The van der Waals surface area contributed by atoms with Gasteiger partial charge in [-0.1, -0.05) is 53.3 Å². The van der Waals surface area contributed by atoms with E-state index < -0.39 is 0 Å². The van der Waals surface area contributed by atoms with Crippen molar-refractivity contribution in [1.29, 1.82) is 0 Å². The van der Waals surface area contributed by atoms with Gasteiger partial charge in [0.15, 0.2) is 5.13 Å². The summed E-state index contributed by atoms with van der Waals surface area (Å²) in [5.41, 5.74) is 11.8. The van der Waals surface area contributed by atoms with Gasteiger partial charge in [-0.3, -0.25) is 4.79 Å². The summed E-state index contributed by atoms with van der Waals surface area (Å²) in [6, 6.07) is 15.7. The van der Waals surface area contributed by atoms with Gasteiger partial charge in [-0.25, -0.2) is 10.4 Å². The molecule has 1 aromatic heterocycles. The Morgan fingerprint density at radius 1 is 1.26 bits per heavy atom. The van der Waals surface area contributed by atoms with Crippen LogP contribution in [0.25, 0.3) is 0 Å². The summed E-state index contributed by atoms with van der Waals surface area (Å²) < 4.78 is 5.91. The van der Waals surface area contributed by atoms with Crippen molar-refractivity contribution in [3.63, 3.8) is 0 Å². The predicted molar refractivity (Wildman–Crippen MR) is 108 cm³/mol. The Labute approximate surface area is 161 Å². The van der Waals surface area contributed by atoms with Gasteiger partial charge in [0.1, 0.15) is 17.2 Å². The van der Waals surface area contributed by atoms with Crippen molar-refractivity contribution < 1.29 is 9.53 Å². The van der Waals surface area contributed by atoms with Crippen LogP contribution in [-0.4, -0.2) is 17.1 Å². The van der Waals surface area contributed by atoms with E-state index in [4.69, 9.17) is 10.5 Å². The zero-order chi connectivity index (χ0) is 19.2. The minimum Gasteiger partial charge on any atom is -0.488 e. The van der Waals surface area contributed by atoms with Gasteiger partial charge in [0.05, 0.1) is 11.9 Å². The van der Waals surface area contributed by atoms with Gasteiger partial charge in [-0.2, -0.15) is 5.10 Å². The molecule has 7 heteroatoms. The van der Waals surface area contributed by atoms with E-state index in [1.807, 2.05) is 49.4 Å². The number of nitrogens with two attached hydrogens (primary N) is 1. The number of hydrazone groups is 1. The number of benzene rings is 2. The summed E-state index contributed by atoms with van der Waals surface area (Å²) in [4.78, 5) is 16.6. The predicted octanol–water partition coefficient (Wildman–Crippen LogP) is 3.69. The van der Waals surface area contributed by atoms with Crippen LogP contribution in [0, 0.1) is 13.8 Å². The quantitative estimate of drug-likeness (QED) is 0.504. The summed E-state index contributed by atoms with van der Waals surface area (Å²) in [6.07, 6.45) is 1.56. The van der Waals surface area contributed by atoms with E-state index in [0.717, 1.165) is 22.5 Å². The van der Waals surface area contributed by atoms with Crippen LogP contribution in [0.15, 0.2) is 53.6 Å². The van der Waals surface area contributed by atoms with Crippen LogP contribution in [0.4, 0.5) is 5.13 Å². The van der Waals surface area contributed by atoms with E-state index in [9.17, 15) is 4.79 Å². The van der Waals surface area contributed by atoms with Gasteiger partial charge < -0.3 is 10.5 Å². The second kappa shape index (κ2) is 8.46. The molecule has 0 radical (unpaired) electrons. The van der Waals surface area contributed by atoms with Gasteiger partial charge in [0.2, 0.25) is 0 Å². The number of carbonyl (C=O) groups is 1. The second-order valence-electron chi connectivity index (χ2n) is 5.98. The van der Waals surface area contributed by atoms with Crippen molar-refractivity contribution in [1.82, 2.24) is 10.4 Å². The maximum Gasteiger partial charge on any atom is 0.283 e. The zero-order valence-electron chi connectivity index (χ0n) is 15.1. The number of nitrogen functional groups attached to an aromatic ring is 1. The summed E-state index contributed by atoms with van der Waals surface area (Å²) in [5.74, 6) is 0.353. The molecule has 1 amide bonds. The first-order chi connectivity index (χ1) is 13.0. The fraction of sp³-hybridized carbons (Fsp3) is 0.150. The molecule has 0 spiro atoms. The van der Waals surface area contributed by atoms with E-state index in [0.29, 0.717) is 28.1 Å². The normalized spacial score (nSPS) is 10.9. The summed E-state index contributed by atoms with van der Waals surface area (Å²) in [5, 5.41) is 4.39. The van der Waals surface area contributed by atoms with E-state index in [1.165, 1.54) is 5.56 Å². The molecule has 0 atom stereocenters. The van der Waals surface area contributed by atoms with Crippen molar-refractivity contribution in [2.24, 2.45) is 5.10 Å². The lowest BCUT2D eigenvalue weighted by molar-refractivity contribution is 0.0958. The number of nitrogens with zero attached hydrogens (tertiary/aromatic N) is 2. The lowest BCUT2D eigenvalue weighted by atomic mass is 10.1. The largest absolute Gasteiger partial charge is 0.488 e. The number of nitrogens with one attached hydrogen (secondary N) is 1. The summed E-state index contributed by atoms with van der Waals surface area (Å²) in [6.45, 7) is 4.24. The average Bonchev–Trinajstić information content (AvgIpc) is 2.99. The van der Waals surface area contributed by atoms with Crippen molar-refractivity contribution in [2.45, 2.75) is 20.5 Å². The summed E-state index contributed by atoms with van der Waals surface area (Å²) in [7, 11) is 0. The molecule has 0 bridgehead atoms. The highest BCUT2D eigenvalue weighted by molar-refractivity contribution is 7.17. The smallest absolute Gasteiger partial charge is 0.283 e. The topological polar surface area (TPSA) is 89.6 Å². The first-order valence-corrected chi connectivity index (χ1v) is 9.18. The Kier molecular flexibility index (Phi) is 5.83. The number of para-hydroxylation sites is 1. The maximum atomic E-state index is 12.2. The highest BCUT2D eigenvalue weighted by atomic mass is 32.1. The van der Waals surface area contributed by atoms with Crippen LogP contribution in [0.2, 0.25) is 0 Å². The summed E-state index contributed by atoms with van der Waals surface area (Å²) >= 11 is 1.13. The van der Waals surface area contributed by atoms with Crippen molar-refractivity contribution in [3.8, 4) is 5.75 Å². The minimum atomic E-state index is -0.337. The monoisotopic (exact) mass is 380 g/mol. The number of aryl methyl sites for hydroxylation is 2. The molecule has 0 saturated heterocycles. The molecular weight excluding hydrogens is 360 g/mol. The van der Waals surface area contributed by atoms with E-state index in [-0.39, 0.29) is 5.91 Å². The number of amides is 1. The number of hydrogen-bond acceptors (Lipinski definition) is 6. The van der Waals surface area contributed by atoms with Gasteiger partial charge in [0, 0.05) is 5.56 Å². The fourth-order valence-corrected chi connectivity index (χ4v) is 3.24. The van der Waals surface area contributed by atoms with Crippen molar-refractivity contribution >= 4 is 28.6 Å². The van der Waals surface area contributed by atoms with Crippen LogP contribution < -0.4 is 15.9 Å². The standard InChI is InChI=1S/C20H20N4O2S/c1-13-6-5-7-15(10-13)12-26-17-9-4-3-8-16(17)11-22-24-19(25)18-14(2)23-20(21)27-18/h3-11H,12H2,1-2H3,(H2,21,23)(H,24,25)/b22-11+. The second-order valence-corrected chi connectivity index (χ2v) is 7.01. The number of hydrogen-bond donors (Lipinski definition) is 2. The van der Waals surface area contributed by atoms with Crippen LogP contribution >= 0.6 is 11.3 Å². The molecule has 3 aromatic rings. The molecule has 0 aliphatic rings. The SMILES string of the molecule is Cc1cccc(COc2ccccc2/C=N/NC(=O)c2sc(N)nc2C)c1. The fourth-order valence-electron chi connectivity index (χ4n) is 2.52. The Morgan fingerprint density at radius 3 is 2.81 bits per heavy atom. The number of ether oxygens (including phenoxy) is 1. The molecular formula is C20H20N4O2S. The first kappa shape index (κ1) is 18.6. The number of thiazole rings is 1. The Bertz CT molecular complexity index is 982. The zero-order valence-corrected chi connectivity index (χ0v) is 15.9. The van der Waals surface area contributed by atoms with Crippen LogP contribution in [0.5, 0.6) is 5.75 Å². The number of anilines is 1. The van der Waals surface area contributed by atoms with Gasteiger partial charge in [-0.15, -0.1) is 0 Å². The van der Waals surface area contributed by atoms with Gasteiger partial charge in [-0.05, 0) is 31.5 Å². The molecule has 0 unspecified atom stereocenters. The number of rotatable bonds is 6. The van der Waals surface area contributed by atoms with Gasteiger partial charge >= 0.3 is 0 Å². The highest BCUT2D eigenvalue weighted by Crippen LogP contribution is 2.20. The van der Waals surface area contributed by atoms with E-state index in [2.05, 4.69) is 21.6 Å². The van der Waals surface area contributed by atoms with Crippen LogP contribution in [0.1, 0.15) is 32.1 Å². The molecule has 27 heavy (non-hydrogen) atoms. The third-order valence-corrected chi connectivity index (χ3v) is 4.77. The van der Waals surface area contributed by atoms with Crippen LogP contribution in [0.3, 0.4) is 0 Å². The molecule has 3 N–H and O–H groups in total. The lowest BCUT2D eigenvalue weighted by Crippen LogP contribution is -2.17. The lowest BCUT2D eigenvalue weighted by Gasteiger charge is -2.09. The molecule has 138 valence electrons. The molecule has 1 heterocycles. The molecule has 0 fully saturated rings. The molecule has 0 saturated carbocycles. The third kappa shape index (κ3) is 4.92. The third-order valence-electron chi connectivity index (χ3n) is 3.78. The van der Waals surface area contributed by atoms with Crippen molar-refractivity contribution in [2.75, 3.05) is 5.73 Å². The number of aromatic nitrogens is 1. The van der Waals surface area contributed by atoms with Gasteiger partial charge in [0.25, 0.3) is 5.91 Å². The Morgan fingerprint density at radius 2 is 2.07 bits per heavy atom. The number of carbonyl (C=O) groups excluding carboxylic acids is 1. The first-order valence-electron chi connectivity index (χ1n) is 8.36. The van der Waals surface area contributed by atoms with E-state index in [1.54, 1.807) is 13.1 Å². The Balaban J connectivity index is 1.65. The molecule has 6 nitrogen and oxygen atoms in total. The maximum absolute atomic E-state index is 12.2. The van der Waals surface area contributed by atoms with Crippen molar-refractivity contribution in [3.05, 3.63) is 75.8 Å². The Hall–Kier alpha value is -3.19. The molecule has 3 rings (SSSR count). The average molecular weight is 380 g/mol. The molecule has 0 aliphatic heterocycles. The van der Waals surface area contributed by atoms with Crippen LogP contribution in [-0.2, 0) is 6.61 Å².